The molecule has 1 heterocycles. The molecule has 0 spiro atoms. The molecule has 0 radical (unpaired) electrons. The van der Waals surface area contributed by atoms with E-state index in [2.05, 4.69) is 15.6 Å². The van der Waals surface area contributed by atoms with E-state index in [0.717, 1.165) is 17.8 Å². The molecule has 0 unspecified atom stereocenters. The molecule has 2 N–H and O–H groups in total. The summed E-state index contributed by atoms with van der Waals surface area (Å²) in [7, 11) is 1.61. The Labute approximate surface area is 121 Å². The summed E-state index contributed by atoms with van der Waals surface area (Å²) in [5, 5.41) is 14.1. The van der Waals surface area contributed by atoms with Gasteiger partial charge in [0.15, 0.2) is 0 Å². The summed E-state index contributed by atoms with van der Waals surface area (Å²) in [6.45, 7) is 0.282. The Bertz CT molecular complexity index is 692. The third-order valence-electron chi connectivity index (χ3n) is 2.87. The first-order valence-corrected chi connectivity index (χ1v) is 6.24. The minimum absolute atomic E-state index is 0.145. The average molecular weight is 284 g/mol. The molecule has 0 atom stereocenters. The van der Waals surface area contributed by atoms with E-state index in [0.29, 0.717) is 11.4 Å². The van der Waals surface area contributed by atoms with E-state index in [1.165, 1.54) is 0 Å². The number of hydrogen-bond donors (Lipinski definition) is 2. The summed E-state index contributed by atoms with van der Waals surface area (Å²) in [6.07, 6.45) is 1.04. The number of nitriles is 1. The molecule has 0 bridgehead atoms. The van der Waals surface area contributed by atoms with Crippen LogP contribution in [0.25, 0.3) is 0 Å². The van der Waals surface area contributed by atoms with E-state index < -0.39 is 11.7 Å². The quantitative estimate of drug-likeness (QED) is 0.901. The van der Waals surface area contributed by atoms with Gasteiger partial charge in [0, 0.05) is 13.6 Å². The van der Waals surface area contributed by atoms with Gasteiger partial charge in [-0.05, 0) is 23.8 Å². The number of hydrogen-bond acceptors (Lipinski definition) is 4. The number of halogens is 1. The van der Waals surface area contributed by atoms with Gasteiger partial charge in [-0.15, -0.1) is 0 Å². The molecule has 0 aliphatic heterocycles. The second-order valence-electron chi connectivity index (χ2n) is 4.29. The van der Waals surface area contributed by atoms with Crippen LogP contribution in [0.2, 0.25) is 0 Å². The smallest absolute Gasteiger partial charge is 0.255 e. The van der Waals surface area contributed by atoms with E-state index in [4.69, 9.17) is 5.26 Å². The molecule has 2 aromatic rings. The van der Waals surface area contributed by atoms with Crippen molar-refractivity contribution in [2.75, 3.05) is 12.4 Å². The highest BCUT2D eigenvalue weighted by Gasteiger charge is 2.13. The fourth-order valence-electron chi connectivity index (χ4n) is 1.79. The lowest BCUT2D eigenvalue weighted by atomic mass is 10.1. The zero-order valence-electron chi connectivity index (χ0n) is 11.4. The van der Waals surface area contributed by atoms with Gasteiger partial charge in [0.05, 0.1) is 23.4 Å². The molecule has 0 aliphatic carbocycles. The van der Waals surface area contributed by atoms with E-state index in [-0.39, 0.29) is 12.1 Å². The lowest BCUT2D eigenvalue weighted by Gasteiger charge is -2.09. The number of pyridine rings is 1. The highest BCUT2D eigenvalue weighted by Crippen LogP contribution is 2.13. The van der Waals surface area contributed by atoms with Gasteiger partial charge in [-0.3, -0.25) is 4.79 Å². The van der Waals surface area contributed by atoms with Gasteiger partial charge in [-0.1, -0.05) is 12.1 Å². The summed E-state index contributed by atoms with van der Waals surface area (Å²) in [5.74, 6) is -0.679. The summed E-state index contributed by atoms with van der Waals surface area (Å²) in [4.78, 5) is 15.9. The fourth-order valence-corrected chi connectivity index (χ4v) is 1.79. The topological polar surface area (TPSA) is 77.8 Å². The Kier molecular flexibility index (Phi) is 4.46. The second-order valence-corrected chi connectivity index (χ2v) is 4.29. The van der Waals surface area contributed by atoms with Crippen LogP contribution in [-0.4, -0.2) is 17.9 Å². The first-order valence-electron chi connectivity index (χ1n) is 6.24. The first kappa shape index (κ1) is 14.5. The molecule has 2 rings (SSSR count). The van der Waals surface area contributed by atoms with Crippen LogP contribution in [0.3, 0.4) is 0 Å². The van der Waals surface area contributed by atoms with Crippen LogP contribution in [-0.2, 0) is 6.54 Å². The SMILES string of the molecule is CNc1ncc(F)cc1C(=O)NCc1ccc(C#N)cc1. The van der Waals surface area contributed by atoms with E-state index in [9.17, 15) is 9.18 Å². The molecule has 106 valence electrons. The van der Waals surface area contributed by atoms with Crippen LogP contribution in [0, 0.1) is 17.1 Å². The standard InChI is InChI=1S/C15H13FN4O/c1-18-14-13(6-12(16)9-19-14)15(21)20-8-11-4-2-10(7-17)3-5-11/h2-6,9H,8H2,1H3,(H,18,19)(H,20,21). The van der Waals surface area contributed by atoms with Gasteiger partial charge >= 0.3 is 0 Å². The number of nitrogens with zero attached hydrogens (tertiary/aromatic N) is 2. The lowest BCUT2D eigenvalue weighted by molar-refractivity contribution is 0.0951. The van der Waals surface area contributed by atoms with Crippen LogP contribution < -0.4 is 10.6 Å². The van der Waals surface area contributed by atoms with Gasteiger partial charge in [-0.2, -0.15) is 5.26 Å². The molecular weight excluding hydrogens is 271 g/mol. The fraction of sp³-hybridized carbons (Fsp3) is 0.133. The highest BCUT2D eigenvalue weighted by molar-refractivity contribution is 5.98. The van der Waals surface area contributed by atoms with E-state index in [1.54, 1.807) is 31.3 Å². The number of nitrogens with one attached hydrogen (secondary N) is 2. The molecule has 0 fully saturated rings. The minimum atomic E-state index is -0.572. The Morgan fingerprint density at radius 1 is 1.38 bits per heavy atom. The maximum Gasteiger partial charge on any atom is 0.255 e. The molecule has 1 aromatic carbocycles. The highest BCUT2D eigenvalue weighted by atomic mass is 19.1. The Morgan fingerprint density at radius 3 is 2.71 bits per heavy atom. The van der Waals surface area contributed by atoms with E-state index in [1.807, 2.05) is 6.07 Å². The van der Waals surface area contributed by atoms with Crippen LogP contribution in [0.4, 0.5) is 10.2 Å². The van der Waals surface area contributed by atoms with Crippen molar-refractivity contribution in [3.8, 4) is 6.07 Å². The summed E-state index contributed by atoms with van der Waals surface area (Å²) in [6, 6.07) is 10.00. The summed E-state index contributed by atoms with van der Waals surface area (Å²) >= 11 is 0. The number of amides is 1. The Hall–Kier alpha value is -2.94. The van der Waals surface area contributed by atoms with Crippen molar-refractivity contribution in [2.45, 2.75) is 6.54 Å². The summed E-state index contributed by atoms with van der Waals surface area (Å²) in [5.41, 5.74) is 1.54. The lowest BCUT2D eigenvalue weighted by Crippen LogP contribution is -2.24. The predicted molar refractivity (Wildman–Crippen MR) is 76.1 cm³/mol. The predicted octanol–water partition coefficient (Wildman–Crippen LogP) is 2.06. The van der Waals surface area contributed by atoms with Crippen molar-refractivity contribution >= 4 is 11.7 Å². The number of rotatable bonds is 4. The van der Waals surface area contributed by atoms with Crippen LogP contribution in [0.1, 0.15) is 21.5 Å². The molecule has 21 heavy (non-hydrogen) atoms. The number of carbonyl (C=O) groups excluding carboxylic acids is 1. The van der Waals surface area contributed by atoms with Gasteiger partial charge in [0.25, 0.3) is 5.91 Å². The monoisotopic (exact) mass is 284 g/mol. The molecule has 0 aliphatic rings. The van der Waals surface area contributed by atoms with E-state index >= 15 is 0 Å². The zero-order chi connectivity index (χ0) is 15.2. The molecule has 0 saturated carbocycles. The van der Waals surface area contributed by atoms with Crippen LogP contribution in [0.5, 0.6) is 0 Å². The Morgan fingerprint density at radius 2 is 2.10 bits per heavy atom. The van der Waals surface area contributed by atoms with Crippen molar-refractivity contribution in [2.24, 2.45) is 0 Å². The van der Waals surface area contributed by atoms with Gasteiger partial charge in [0.1, 0.15) is 11.6 Å². The number of anilines is 1. The average Bonchev–Trinajstić information content (AvgIpc) is 2.53. The summed E-state index contributed by atoms with van der Waals surface area (Å²) < 4.78 is 13.2. The minimum Gasteiger partial charge on any atom is -0.372 e. The normalized spacial score (nSPS) is 9.76. The molecule has 1 aromatic heterocycles. The maximum atomic E-state index is 13.2. The molecule has 6 heteroatoms. The van der Waals surface area contributed by atoms with Gasteiger partial charge in [-0.25, -0.2) is 9.37 Å². The zero-order valence-corrected chi connectivity index (χ0v) is 11.4. The molecule has 5 nitrogen and oxygen atoms in total. The first-order chi connectivity index (χ1) is 10.1. The number of aromatic nitrogens is 1. The number of benzene rings is 1. The maximum absolute atomic E-state index is 13.2. The van der Waals surface area contributed by atoms with Crippen LogP contribution >= 0.6 is 0 Å². The largest absolute Gasteiger partial charge is 0.372 e. The van der Waals surface area contributed by atoms with Crippen molar-refractivity contribution in [3.05, 3.63) is 59.0 Å². The molecule has 1 amide bonds. The van der Waals surface area contributed by atoms with Crippen molar-refractivity contribution in [1.82, 2.24) is 10.3 Å². The van der Waals surface area contributed by atoms with Gasteiger partial charge < -0.3 is 10.6 Å². The van der Waals surface area contributed by atoms with Crippen molar-refractivity contribution < 1.29 is 9.18 Å². The second kappa shape index (κ2) is 6.48. The third-order valence-corrected chi connectivity index (χ3v) is 2.87. The molecular formula is C15H13FN4O. The number of carbonyl (C=O) groups is 1. The van der Waals surface area contributed by atoms with Gasteiger partial charge in [0.2, 0.25) is 0 Å². The van der Waals surface area contributed by atoms with Crippen molar-refractivity contribution in [3.63, 3.8) is 0 Å². The molecule has 0 saturated heterocycles. The van der Waals surface area contributed by atoms with Crippen LogP contribution in [0.15, 0.2) is 36.5 Å². The Balaban J connectivity index is 2.08. The van der Waals surface area contributed by atoms with Crippen molar-refractivity contribution in [1.29, 1.82) is 5.26 Å². The third kappa shape index (κ3) is 3.54.